The van der Waals surface area contributed by atoms with Gasteiger partial charge in [-0.05, 0) is 12.1 Å². The number of nitrogens with zero attached hydrogens (tertiary/aromatic N) is 2. The number of hydrogen-bond acceptors (Lipinski definition) is 4. The first-order valence-electron chi connectivity index (χ1n) is 4.15. The van der Waals surface area contributed by atoms with Gasteiger partial charge in [-0.15, -0.1) is 0 Å². The van der Waals surface area contributed by atoms with Gasteiger partial charge in [0.05, 0.1) is 0 Å². The summed E-state index contributed by atoms with van der Waals surface area (Å²) in [7, 11) is 0. The molecule has 0 bridgehead atoms. The van der Waals surface area contributed by atoms with Gasteiger partial charge in [-0.3, -0.25) is 9.78 Å². The Labute approximate surface area is 80.6 Å². The summed E-state index contributed by atoms with van der Waals surface area (Å²) in [5.74, 6) is 0.256. The fourth-order valence-electron chi connectivity index (χ4n) is 1.04. The minimum atomic E-state index is -0.115. The largest absolute Gasteiger partial charge is 0.443 e. The van der Waals surface area contributed by atoms with E-state index in [0.717, 1.165) is 0 Å². The van der Waals surface area contributed by atoms with Crippen molar-refractivity contribution >= 4 is 5.78 Å². The first-order valence-corrected chi connectivity index (χ1v) is 4.15. The maximum absolute atomic E-state index is 10.9. The van der Waals surface area contributed by atoms with Gasteiger partial charge in [0.2, 0.25) is 5.89 Å². The fourth-order valence-corrected chi connectivity index (χ4v) is 1.04. The molecule has 0 aromatic carbocycles. The molecule has 4 nitrogen and oxygen atoms in total. The van der Waals surface area contributed by atoms with Gasteiger partial charge in [0.25, 0.3) is 0 Å². The van der Waals surface area contributed by atoms with Crippen LogP contribution in [0.4, 0.5) is 0 Å². The van der Waals surface area contributed by atoms with E-state index in [4.69, 9.17) is 4.42 Å². The summed E-state index contributed by atoms with van der Waals surface area (Å²) in [5, 5.41) is 0. The molecule has 0 aliphatic heterocycles. The maximum atomic E-state index is 10.9. The molecule has 70 valence electrons. The normalized spacial score (nSPS) is 10.1. The average molecular weight is 188 g/mol. The summed E-state index contributed by atoms with van der Waals surface area (Å²) < 4.78 is 5.12. The zero-order valence-corrected chi connectivity index (χ0v) is 7.60. The molecule has 0 radical (unpaired) electrons. The van der Waals surface area contributed by atoms with Gasteiger partial charge in [-0.2, -0.15) is 0 Å². The van der Waals surface area contributed by atoms with Crippen molar-refractivity contribution in [3.05, 3.63) is 36.4 Å². The van der Waals surface area contributed by atoms with Crippen LogP contribution < -0.4 is 0 Å². The van der Waals surface area contributed by atoms with Crippen molar-refractivity contribution in [2.45, 2.75) is 6.92 Å². The quantitative estimate of drug-likeness (QED) is 0.676. The number of pyridine rings is 1. The molecule has 2 rings (SSSR count). The number of aromatic nitrogens is 2. The summed E-state index contributed by atoms with van der Waals surface area (Å²) in [6.07, 6.45) is 2.99. The van der Waals surface area contributed by atoms with E-state index in [1.807, 2.05) is 6.07 Å². The van der Waals surface area contributed by atoms with E-state index in [1.54, 1.807) is 18.3 Å². The van der Waals surface area contributed by atoms with E-state index in [9.17, 15) is 4.79 Å². The Morgan fingerprint density at radius 3 is 2.86 bits per heavy atom. The third kappa shape index (κ3) is 1.54. The molecule has 2 heterocycles. The SMILES string of the molecule is CC(=O)c1coc(-c2ccccn2)n1. The molecule has 2 aromatic heterocycles. The molecule has 14 heavy (non-hydrogen) atoms. The van der Waals surface area contributed by atoms with E-state index < -0.39 is 0 Å². The van der Waals surface area contributed by atoms with Crippen molar-refractivity contribution in [2.24, 2.45) is 0 Å². The van der Waals surface area contributed by atoms with E-state index in [2.05, 4.69) is 9.97 Å². The number of carbonyl (C=O) groups excluding carboxylic acids is 1. The van der Waals surface area contributed by atoms with Crippen LogP contribution in [0.1, 0.15) is 17.4 Å². The molecule has 0 amide bonds. The molecular weight excluding hydrogens is 180 g/mol. The first kappa shape index (κ1) is 8.62. The lowest BCUT2D eigenvalue weighted by atomic mass is 10.3. The topological polar surface area (TPSA) is 56.0 Å². The van der Waals surface area contributed by atoms with E-state index in [1.165, 1.54) is 13.2 Å². The zero-order chi connectivity index (χ0) is 9.97. The summed E-state index contributed by atoms with van der Waals surface area (Å²) in [6.45, 7) is 1.44. The molecule has 0 spiro atoms. The maximum Gasteiger partial charge on any atom is 0.245 e. The summed E-state index contributed by atoms with van der Waals surface area (Å²) in [6, 6.07) is 5.41. The number of Topliss-reactive ketones (excluding diaryl/α,β-unsaturated/α-hetero) is 1. The number of rotatable bonds is 2. The predicted molar refractivity (Wildman–Crippen MR) is 49.7 cm³/mol. The summed E-state index contributed by atoms with van der Waals surface area (Å²) in [5.41, 5.74) is 0.950. The summed E-state index contributed by atoms with van der Waals surface area (Å²) in [4.78, 5) is 19.0. The van der Waals surface area contributed by atoms with Gasteiger partial charge in [0, 0.05) is 13.1 Å². The van der Waals surface area contributed by atoms with Crippen molar-refractivity contribution < 1.29 is 9.21 Å². The Bertz CT molecular complexity index is 448. The van der Waals surface area contributed by atoms with Crippen LogP contribution in [0.5, 0.6) is 0 Å². The van der Waals surface area contributed by atoms with Gasteiger partial charge >= 0.3 is 0 Å². The molecule has 0 N–H and O–H groups in total. The molecule has 0 unspecified atom stereocenters. The first-order chi connectivity index (χ1) is 6.77. The second kappa shape index (κ2) is 3.41. The Hall–Kier alpha value is -1.97. The van der Waals surface area contributed by atoms with Crippen molar-refractivity contribution in [3.8, 4) is 11.6 Å². The molecule has 2 aromatic rings. The van der Waals surface area contributed by atoms with E-state index in [-0.39, 0.29) is 5.78 Å². The Balaban J connectivity index is 2.39. The second-order valence-corrected chi connectivity index (χ2v) is 2.81. The van der Waals surface area contributed by atoms with Gasteiger partial charge < -0.3 is 4.42 Å². The highest BCUT2D eigenvalue weighted by Crippen LogP contribution is 2.15. The second-order valence-electron chi connectivity index (χ2n) is 2.81. The Kier molecular flexibility index (Phi) is 2.10. The number of ketones is 1. The molecule has 0 saturated carbocycles. The van der Waals surface area contributed by atoms with Crippen LogP contribution in [0.2, 0.25) is 0 Å². The fraction of sp³-hybridized carbons (Fsp3) is 0.100. The minimum absolute atomic E-state index is 0.115. The third-order valence-electron chi connectivity index (χ3n) is 1.75. The highest BCUT2D eigenvalue weighted by molar-refractivity contribution is 5.92. The lowest BCUT2D eigenvalue weighted by molar-refractivity contribution is 0.101. The lowest BCUT2D eigenvalue weighted by Crippen LogP contribution is -1.91. The van der Waals surface area contributed by atoms with Crippen molar-refractivity contribution in [3.63, 3.8) is 0 Å². The van der Waals surface area contributed by atoms with Crippen LogP contribution in [0.3, 0.4) is 0 Å². The van der Waals surface area contributed by atoms with Crippen LogP contribution in [-0.4, -0.2) is 15.8 Å². The predicted octanol–water partition coefficient (Wildman–Crippen LogP) is 1.94. The average Bonchev–Trinajstić information content (AvgIpc) is 2.68. The zero-order valence-electron chi connectivity index (χ0n) is 7.60. The van der Waals surface area contributed by atoms with Crippen LogP contribution >= 0.6 is 0 Å². The molecule has 4 heteroatoms. The van der Waals surface area contributed by atoms with Crippen LogP contribution in [-0.2, 0) is 0 Å². The minimum Gasteiger partial charge on any atom is -0.443 e. The highest BCUT2D eigenvalue weighted by atomic mass is 16.3. The lowest BCUT2D eigenvalue weighted by Gasteiger charge is -1.90. The highest BCUT2D eigenvalue weighted by Gasteiger charge is 2.09. The van der Waals surface area contributed by atoms with Crippen molar-refractivity contribution in [1.82, 2.24) is 9.97 Å². The van der Waals surface area contributed by atoms with E-state index in [0.29, 0.717) is 17.3 Å². The molecule has 0 fully saturated rings. The molecule has 0 aliphatic rings. The van der Waals surface area contributed by atoms with Gasteiger partial charge in [-0.25, -0.2) is 4.98 Å². The molecule has 0 atom stereocenters. The van der Waals surface area contributed by atoms with Crippen molar-refractivity contribution in [1.29, 1.82) is 0 Å². The van der Waals surface area contributed by atoms with Gasteiger partial charge in [-0.1, -0.05) is 6.07 Å². The monoisotopic (exact) mass is 188 g/mol. The number of hydrogen-bond donors (Lipinski definition) is 0. The van der Waals surface area contributed by atoms with Crippen molar-refractivity contribution in [2.75, 3.05) is 0 Å². The Morgan fingerprint density at radius 2 is 2.29 bits per heavy atom. The van der Waals surface area contributed by atoms with Gasteiger partial charge in [0.1, 0.15) is 17.7 Å². The smallest absolute Gasteiger partial charge is 0.245 e. The van der Waals surface area contributed by atoms with E-state index >= 15 is 0 Å². The molecular formula is C10H8N2O2. The van der Waals surface area contributed by atoms with Crippen LogP contribution in [0.15, 0.2) is 35.1 Å². The van der Waals surface area contributed by atoms with Gasteiger partial charge in [0.15, 0.2) is 5.78 Å². The Morgan fingerprint density at radius 1 is 1.43 bits per heavy atom. The standard InChI is InChI=1S/C10H8N2O2/c1-7(13)9-6-14-10(12-9)8-4-2-3-5-11-8/h2-6H,1H3. The number of carbonyl (C=O) groups is 1. The van der Waals surface area contributed by atoms with Crippen LogP contribution in [0, 0.1) is 0 Å². The number of oxazole rings is 1. The third-order valence-corrected chi connectivity index (χ3v) is 1.75. The molecule has 0 aliphatic carbocycles. The molecule has 0 saturated heterocycles. The summed E-state index contributed by atoms with van der Waals surface area (Å²) >= 11 is 0. The van der Waals surface area contributed by atoms with Crippen LogP contribution in [0.25, 0.3) is 11.6 Å².